The van der Waals surface area contributed by atoms with Crippen LogP contribution in [0.5, 0.6) is 17.2 Å². The van der Waals surface area contributed by atoms with Crippen molar-refractivity contribution < 1.29 is 28.6 Å². The maximum Gasteiger partial charge on any atom is 0.306 e. The molecule has 0 aliphatic heterocycles. The molecule has 0 fully saturated rings. The Labute approximate surface area is 222 Å². The molecule has 188 valence electrons. The van der Waals surface area contributed by atoms with Crippen LogP contribution in [0.4, 0.5) is 11.4 Å². The summed E-state index contributed by atoms with van der Waals surface area (Å²) >= 11 is 9.24. The van der Waals surface area contributed by atoms with Crippen LogP contribution in [-0.2, 0) is 19.1 Å². The van der Waals surface area contributed by atoms with Gasteiger partial charge >= 0.3 is 5.97 Å². The first-order chi connectivity index (χ1) is 17.3. The van der Waals surface area contributed by atoms with Gasteiger partial charge in [-0.15, -0.1) is 0 Å². The molecule has 0 heterocycles. The van der Waals surface area contributed by atoms with Crippen molar-refractivity contribution in [3.8, 4) is 17.2 Å². The molecule has 3 aromatic carbocycles. The number of esters is 1. The number of methoxy groups -OCH3 is 1. The standard InChI is InChI=1S/C26H24BrClN2O6/c1-34-19-10-12-21(13-11-19)36-20-8-5-17(6-9-20)29-24(31)3-2-4-26(33)35-16-25(32)30-18-7-14-22(27)23(28)15-18/h5-15H,2-4,16H2,1H3,(H,29,31)(H,30,32). The second-order valence-corrected chi connectivity index (χ2v) is 8.80. The Balaban J connectivity index is 1.33. The van der Waals surface area contributed by atoms with Crippen LogP contribution in [0.1, 0.15) is 19.3 Å². The Hall–Kier alpha value is -3.56. The summed E-state index contributed by atoms with van der Waals surface area (Å²) in [4.78, 5) is 36.0. The normalized spacial score (nSPS) is 10.3. The van der Waals surface area contributed by atoms with E-state index < -0.39 is 18.5 Å². The number of ether oxygens (including phenoxy) is 3. The third-order valence-corrected chi connectivity index (χ3v) is 6.02. The molecule has 36 heavy (non-hydrogen) atoms. The zero-order valence-electron chi connectivity index (χ0n) is 19.4. The Morgan fingerprint density at radius 3 is 2.03 bits per heavy atom. The van der Waals surface area contributed by atoms with Crippen molar-refractivity contribution in [2.24, 2.45) is 0 Å². The highest BCUT2D eigenvalue weighted by atomic mass is 79.9. The van der Waals surface area contributed by atoms with Gasteiger partial charge in [0, 0.05) is 28.7 Å². The topological polar surface area (TPSA) is 103 Å². The van der Waals surface area contributed by atoms with Crippen molar-refractivity contribution in [2.75, 3.05) is 24.4 Å². The molecule has 10 heteroatoms. The molecule has 0 aromatic heterocycles. The van der Waals surface area contributed by atoms with E-state index in [0.29, 0.717) is 32.4 Å². The highest BCUT2D eigenvalue weighted by Gasteiger charge is 2.11. The molecule has 2 N–H and O–H groups in total. The first-order valence-electron chi connectivity index (χ1n) is 10.9. The van der Waals surface area contributed by atoms with Crippen LogP contribution >= 0.6 is 27.5 Å². The van der Waals surface area contributed by atoms with Crippen molar-refractivity contribution in [2.45, 2.75) is 19.3 Å². The highest BCUT2D eigenvalue weighted by molar-refractivity contribution is 9.10. The Morgan fingerprint density at radius 2 is 1.39 bits per heavy atom. The molecule has 0 saturated heterocycles. The minimum atomic E-state index is -0.563. The molecule has 3 aromatic rings. The zero-order valence-corrected chi connectivity index (χ0v) is 21.7. The van der Waals surface area contributed by atoms with Crippen LogP contribution in [0.2, 0.25) is 5.02 Å². The minimum absolute atomic E-state index is 0.0133. The lowest BCUT2D eigenvalue weighted by Crippen LogP contribution is -2.21. The molecule has 0 aliphatic rings. The number of nitrogens with one attached hydrogen (secondary N) is 2. The van der Waals surface area contributed by atoms with Crippen molar-refractivity contribution in [1.29, 1.82) is 0 Å². The highest BCUT2D eigenvalue weighted by Crippen LogP contribution is 2.26. The number of hydrogen-bond donors (Lipinski definition) is 2. The van der Waals surface area contributed by atoms with Crippen LogP contribution in [-0.4, -0.2) is 31.5 Å². The molecule has 0 bridgehead atoms. The fourth-order valence-corrected chi connectivity index (χ4v) is 3.42. The second-order valence-electron chi connectivity index (χ2n) is 7.54. The Morgan fingerprint density at radius 1 is 0.806 bits per heavy atom. The van der Waals surface area contributed by atoms with Crippen molar-refractivity contribution in [3.05, 3.63) is 76.2 Å². The fraction of sp³-hybridized carbons (Fsp3) is 0.192. The number of benzene rings is 3. The number of halogens is 2. The van der Waals surface area contributed by atoms with E-state index in [1.807, 2.05) is 0 Å². The van der Waals surface area contributed by atoms with Crippen LogP contribution in [0.3, 0.4) is 0 Å². The Bertz CT molecular complexity index is 1200. The van der Waals surface area contributed by atoms with Gasteiger partial charge < -0.3 is 24.8 Å². The molecule has 0 unspecified atom stereocenters. The summed E-state index contributed by atoms with van der Waals surface area (Å²) in [7, 11) is 1.60. The molecule has 2 amide bonds. The SMILES string of the molecule is COc1ccc(Oc2ccc(NC(=O)CCCC(=O)OCC(=O)Nc3ccc(Br)c(Cl)c3)cc2)cc1. The maximum atomic E-state index is 12.2. The average molecular weight is 576 g/mol. The molecule has 0 aliphatic carbocycles. The minimum Gasteiger partial charge on any atom is -0.497 e. The van der Waals surface area contributed by atoms with Crippen LogP contribution in [0, 0.1) is 0 Å². The van der Waals surface area contributed by atoms with E-state index in [1.54, 1.807) is 73.8 Å². The average Bonchev–Trinajstić information content (AvgIpc) is 2.87. The Kier molecular flexibility index (Phi) is 10.1. The van der Waals surface area contributed by atoms with Gasteiger partial charge in [0.05, 0.1) is 12.1 Å². The van der Waals surface area contributed by atoms with Gasteiger partial charge in [-0.1, -0.05) is 11.6 Å². The first kappa shape index (κ1) is 27.0. The van der Waals surface area contributed by atoms with Gasteiger partial charge in [0.25, 0.3) is 5.91 Å². The van der Waals surface area contributed by atoms with Gasteiger partial charge in [-0.25, -0.2) is 0 Å². The van der Waals surface area contributed by atoms with Crippen LogP contribution in [0.15, 0.2) is 71.2 Å². The monoisotopic (exact) mass is 574 g/mol. The number of rotatable bonds is 11. The van der Waals surface area contributed by atoms with Gasteiger partial charge in [-0.2, -0.15) is 0 Å². The fourth-order valence-electron chi connectivity index (χ4n) is 2.99. The van der Waals surface area contributed by atoms with E-state index in [9.17, 15) is 14.4 Å². The summed E-state index contributed by atoms with van der Waals surface area (Å²) in [5.74, 6) is 0.728. The predicted molar refractivity (Wildman–Crippen MR) is 141 cm³/mol. The van der Waals surface area contributed by atoms with Gasteiger partial charge in [0.1, 0.15) is 17.2 Å². The predicted octanol–water partition coefficient (Wildman–Crippen LogP) is 6.19. The lowest BCUT2D eigenvalue weighted by molar-refractivity contribution is -0.147. The smallest absolute Gasteiger partial charge is 0.306 e. The van der Waals surface area contributed by atoms with E-state index in [0.717, 1.165) is 5.75 Å². The summed E-state index contributed by atoms with van der Waals surface area (Å²) in [6.45, 7) is -0.427. The number of carbonyl (C=O) groups excluding carboxylic acids is 3. The summed E-state index contributed by atoms with van der Waals surface area (Å²) < 4.78 is 16.5. The summed E-state index contributed by atoms with van der Waals surface area (Å²) in [6.07, 6.45) is 0.426. The van der Waals surface area contributed by atoms with E-state index in [-0.39, 0.29) is 25.2 Å². The molecule has 0 atom stereocenters. The largest absolute Gasteiger partial charge is 0.497 e. The van der Waals surface area contributed by atoms with Gasteiger partial charge in [0.2, 0.25) is 5.91 Å². The molecule has 0 spiro atoms. The number of hydrogen-bond acceptors (Lipinski definition) is 6. The van der Waals surface area contributed by atoms with Crippen molar-refractivity contribution in [1.82, 2.24) is 0 Å². The van der Waals surface area contributed by atoms with Crippen LogP contribution in [0.25, 0.3) is 0 Å². The molecule has 8 nitrogen and oxygen atoms in total. The quantitative estimate of drug-likeness (QED) is 0.264. The number of amides is 2. The van der Waals surface area contributed by atoms with E-state index in [1.165, 1.54) is 0 Å². The molecule has 0 saturated carbocycles. The number of anilines is 2. The third-order valence-electron chi connectivity index (χ3n) is 4.79. The zero-order chi connectivity index (χ0) is 25.9. The van der Waals surface area contributed by atoms with Crippen molar-refractivity contribution in [3.63, 3.8) is 0 Å². The first-order valence-corrected chi connectivity index (χ1v) is 12.1. The number of carbonyl (C=O) groups is 3. The lowest BCUT2D eigenvalue weighted by Gasteiger charge is -2.09. The van der Waals surface area contributed by atoms with Gasteiger partial charge in [-0.3, -0.25) is 14.4 Å². The summed E-state index contributed by atoms with van der Waals surface area (Å²) in [5, 5.41) is 5.80. The van der Waals surface area contributed by atoms with E-state index >= 15 is 0 Å². The van der Waals surface area contributed by atoms with Crippen LogP contribution < -0.4 is 20.1 Å². The molecular formula is C26H24BrClN2O6. The molecule has 0 radical (unpaired) electrons. The maximum absolute atomic E-state index is 12.2. The summed E-state index contributed by atoms with van der Waals surface area (Å²) in [6, 6.07) is 19.1. The van der Waals surface area contributed by atoms with E-state index in [2.05, 4.69) is 26.6 Å². The second kappa shape index (κ2) is 13.5. The third kappa shape index (κ3) is 8.90. The van der Waals surface area contributed by atoms with Crippen molar-refractivity contribution >= 4 is 56.7 Å². The molecular weight excluding hydrogens is 552 g/mol. The summed E-state index contributed by atoms with van der Waals surface area (Å²) in [5.41, 5.74) is 1.09. The molecule has 3 rings (SSSR count). The lowest BCUT2D eigenvalue weighted by atomic mass is 10.2. The van der Waals surface area contributed by atoms with Gasteiger partial charge in [0.15, 0.2) is 6.61 Å². The van der Waals surface area contributed by atoms with E-state index in [4.69, 9.17) is 25.8 Å². The van der Waals surface area contributed by atoms with Gasteiger partial charge in [-0.05, 0) is 89.1 Å².